The molecule has 2 fully saturated rings. The fourth-order valence-electron chi connectivity index (χ4n) is 3.84. The number of aliphatic carboxylic acids is 2. The van der Waals surface area contributed by atoms with Crippen LogP contribution in [0.1, 0.15) is 51.9 Å². The highest BCUT2D eigenvalue weighted by atomic mass is 16.4. The van der Waals surface area contributed by atoms with E-state index in [4.69, 9.17) is 0 Å². The Morgan fingerprint density at radius 2 is 1.56 bits per heavy atom. The first kappa shape index (κ1) is 19.2. The van der Waals surface area contributed by atoms with Crippen molar-refractivity contribution in [3.63, 3.8) is 0 Å². The molecule has 0 spiro atoms. The standard InChI is InChI=1S/C17H26N2O6/c1-10(15(21)19-9-5-8-13(19)17(24)25)18-14(20)11-6-3-2-4-7-12(11)16(22)23/h10-13H,2-9H2,1H3,(H,18,20)(H,22,23)(H,24,25)/t10-,11+,12-,13-/m0/s1. The first-order valence-electron chi connectivity index (χ1n) is 8.89. The highest BCUT2D eigenvalue weighted by Gasteiger charge is 2.38. The molecule has 8 nitrogen and oxygen atoms in total. The van der Waals surface area contributed by atoms with E-state index in [1.165, 1.54) is 11.8 Å². The quantitative estimate of drug-likeness (QED) is 0.629. The highest BCUT2D eigenvalue weighted by Crippen LogP contribution is 2.29. The second kappa shape index (κ2) is 8.31. The second-order valence-electron chi connectivity index (χ2n) is 6.95. The fraction of sp³-hybridized carbons (Fsp3) is 0.765. The summed E-state index contributed by atoms with van der Waals surface area (Å²) in [6, 6.07) is -1.72. The summed E-state index contributed by atoms with van der Waals surface area (Å²) in [6.07, 6.45) is 4.45. The van der Waals surface area contributed by atoms with Gasteiger partial charge in [0.1, 0.15) is 12.1 Å². The molecule has 25 heavy (non-hydrogen) atoms. The summed E-state index contributed by atoms with van der Waals surface area (Å²) in [6.45, 7) is 1.88. The lowest BCUT2D eigenvalue weighted by atomic mass is 9.87. The maximum absolute atomic E-state index is 12.5. The van der Waals surface area contributed by atoms with E-state index in [1.54, 1.807) is 0 Å². The van der Waals surface area contributed by atoms with E-state index in [0.29, 0.717) is 32.2 Å². The first-order chi connectivity index (χ1) is 11.8. The van der Waals surface area contributed by atoms with Gasteiger partial charge >= 0.3 is 11.9 Å². The number of likely N-dealkylation sites (tertiary alicyclic amines) is 1. The lowest BCUT2D eigenvalue weighted by Crippen LogP contribution is -2.52. The van der Waals surface area contributed by atoms with Gasteiger partial charge in [-0.25, -0.2) is 4.79 Å². The zero-order chi connectivity index (χ0) is 18.6. The molecular weight excluding hydrogens is 328 g/mol. The number of hydrogen-bond donors (Lipinski definition) is 3. The summed E-state index contributed by atoms with van der Waals surface area (Å²) in [5, 5.41) is 21.2. The lowest BCUT2D eigenvalue weighted by Gasteiger charge is -2.27. The van der Waals surface area contributed by atoms with Gasteiger partial charge in [-0.15, -0.1) is 0 Å². The molecule has 3 N–H and O–H groups in total. The Hall–Kier alpha value is -2.12. The molecule has 0 unspecified atom stereocenters. The van der Waals surface area contributed by atoms with Gasteiger partial charge in [-0.2, -0.15) is 0 Å². The summed E-state index contributed by atoms with van der Waals surface area (Å²) >= 11 is 0. The van der Waals surface area contributed by atoms with Crippen LogP contribution in [0.15, 0.2) is 0 Å². The normalized spacial score (nSPS) is 28.0. The molecule has 1 saturated carbocycles. The summed E-state index contributed by atoms with van der Waals surface area (Å²) in [5.74, 6) is -4.27. The molecule has 1 aliphatic carbocycles. The van der Waals surface area contributed by atoms with Gasteiger partial charge in [-0.3, -0.25) is 14.4 Å². The molecule has 4 atom stereocenters. The van der Waals surface area contributed by atoms with E-state index >= 15 is 0 Å². The van der Waals surface area contributed by atoms with Crippen molar-refractivity contribution in [1.82, 2.24) is 10.2 Å². The van der Waals surface area contributed by atoms with E-state index < -0.39 is 47.7 Å². The van der Waals surface area contributed by atoms with Crippen LogP contribution in [-0.2, 0) is 19.2 Å². The number of carbonyl (C=O) groups excluding carboxylic acids is 2. The van der Waals surface area contributed by atoms with E-state index in [0.717, 1.165) is 19.3 Å². The summed E-state index contributed by atoms with van der Waals surface area (Å²) in [7, 11) is 0. The zero-order valence-corrected chi connectivity index (χ0v) is 14.4. The Morgan fingerprint density at radius 3 is 2.16 bits per heavy atom. The van der Waals surface area contributed by atoms with E-state index in [-0.39, 0.29) is 0 Å². The number of carboxylic acid groups (broad SMARTS) is 2. The Balaban J connectivity index is 2.01. The number of hydrogen-bond acceptors (Lipinski definition) is 4. The maximum Gasteiger partial charge on any atom is 0.326 e. The Labute approximate surface area is 146 Å². The lowest BCUT2D eigenvalue weighted by molar-refractivity contribution is -0.150. The number of carboxylic acids is 2. The third-order valence-corrected chi connectivity index (χ3v) is 5.22. The summed E-state index contributed by atoms with van der Waals surface area (Å²) in [5.41, 5.74) is 0. The van der Waals surface area contributed by atoms with Crippen LogP contribution in [-0.4, -0.2) is 57.5 Å². The minimum absolute atomic E-state index is 0.358. The molecule has 1 heterocycles. The van der Waals surface area contributed by atoms with Gasteiger partial charge in [0.15, 0.2) is 0 Å². The molecule has 2 rings (SSSR count). The smallest absolute Gasteiger partial charge is 0.326 e. The molecule has 0 aromatic rings. The van der Waals surface area contributed by atoms with Crippen molar-refractivity contribution in [3.05, 3.63) is 0 Å². The largest absolute Gasteiger partial charge is 0.481 e. The summed E-state index contributed by atoms with van der Waals surface area (Å²) in [4.78, 5) is 49.0. The Kier molecular flexibility index (Phi) is 6.39. The van der Waals surface area contributed by atoms with Gasteiger partial charge in [0.05, 0.1) is 11.8 Å². The molecule has 2 amide bonds. The Morgan fingerprint density at radius 1 is 0.920 bits per heavy atom. The molecule has 0 radical (unpaired) electrons. The van der Waals surface area contributed by atoms with Crippen molar-refractivity contribution >= 4 is 23.8 Å². The summed E-state index contributed by atoms with van der Waals surface area (Å²) < 4.78 is 0. The van der Waals surface area contributed by atoms with Crippen LogP contribution in [0.2, 0.25) is 0 Å². The van der Waals surface area contributed by atoms with Gasteiger partial charge in [0, 0.05) is 6.54 Å². The Bertz CT molecular complexity index is 549. The van der Waals surface area contributed by atoms with Crippen molar-refractivity contribution < 1.29 is 29.4 Å². The topological polar surface area (TPSA) is 124 Å². The molecule has 0 aromatic carbocycles. The van der Waals surface area contributed by atoms with Crippen molar-refractivity contribution in [2.75, 3.05) is 6.54 Å². The van der Waals surface area contributed by atoms with Gasteiger partial charge in [-0.05, 0) is 32.6 Å². The maximum atomic E-state index is 12.5. The van der Waals surface area contributed by atoms with Gasteiger partial charge in [0.2, 0.25) is 11.8 Å². The predicted molar refractivity (Wildman–Crippen MR) is 87.7 cm³/mol. The van der Waals surface area contributed by atoms with E-state index in [9.17, 15) is 29.4 Å². The average molecular weight is 354 g/mol. The van der Waals surface area contributed by atoms with Crippen molar-refractivity contribution in [2.45, 2.75) is 64.0 Å². The number of amides is 2. The SMILES string of the molecule is C[C@H](NC(=O)[C@@H]1CCCCC[C@@H]1C(=O)O)C(=O)N1CCC[C@H]1C(=O)O. The van der Waals surface area contributed by atoms with E-state index in [1.807, 2.05) is 0 Å². The second-order valence-corrected chi connectivity index (χ2v) is 6.95. The first-order valence-corrected chi connectivity index (χ1v) is 8.89. The monoisotopic (exact) mass is 354 g/mol. The fourth-order valence-corrected chi connectivity index (χ4v) is 3.84. The van der Waals surface area contributed by atoms with Crippen LogP contribution < -0.4 is 5.32 Å². The predicted octanol–water partition coefficient (Wildman–Crippen LogP) is 0.848. The number of nitrogens with one attached hydrogen (secondary N) is 1. The van der Waals surface area contributed by atoms with Crippen molar-refractivity contribution in [3.8, 4) is 0 Å². The number of carbonyl (C=O) groups is 4. The van der Waals surface area contributed by atoms with Gasteiger partial charge < -0.3 is 20.4 Å². The van der Waals surface area contributed by atoms with Crippen LogP contribution in [0.4, 0.5) is 0 Å². The molecule has 2 aliphatic rings. The minimum atomic E-state index is -1.04. The molecule has 8 heteroatoms. The molecule has 1 saturated heterocycles. The molecule has 0 aromatic heterocycles. The molecule has 0 bridgehead atoms. The van der Waals surface area contributed by atoms with Crippen molar-refractivity contribution in [1.29, 1.82) is 0 Å². The minimum Gasteiger partial charge on any atom is -0.481 e. The number of nitrogens with zero attached hydrogens (tertiary/aromatic N) is 1. The van der Waals surface area contributed by atoms with Crippen LogP contribution in [0.25, 0.3) is 0 Å². The van der Waals surface area contributed by atoms with Gasteiger partial charge in [-0.1, -0.05) is 19.3 Å². The highest BCUT2D eigenvalue weighted by molar-refractivity contribution is 5.92. The number of rotatable bonds is 5. The van der Waals surface area contributed by atoms with Crippen LogP contribution in [0.5, 0.6) is 0 Å². The molecule has 1 aliphatic heterocycles. The van der Waals surface area contributed by atoms with Crippen LogP contribution in [0.3, 0.4) is 0 Å². The average Bonchev–Trinajstić information content (AvgIpc) is 2.91. The zero-order valence-electron chi connectivity index (χ0n) is 14.4. The molecule has 140 valence electrons. The third kappa shape index (κ3) is 4.49. The van der Waals surface area contributed by atoms with Gasteiger partial charge in [0.25, 0.3) is 0 Å². The third-order valence-electron chi connectivity index (χ3n) is 5.22. The van der Waals surface area contributed by atoms with Crippen LogP contribution in [0, 0.1) is 11.8 Å². The van der Waals surface area contributed by atoms with Crippen molar-refractivity contribution in [2.24, 2.45) is 11.8 Å². The van der Waals surface area contributed by atoms with E-state index in [2.05, 4.69) is 5.32 Å². The van der Waals surface area contributed by atoms with Crippen LogP contribution >= 0.6 is 0 Å². The molecular formula is C17H26N2O6.